The maximum absolute atomic E-state index is 5.94. The summed E-state index contributed by atoms with van der Waals surface area (Å²) in [7, 11) is 1.97. The fourth-order valence-electron chi connectivity index (χ4n) is 2.67. The normalized spacial score (nSPS) is 25.6. The van der Waals surface area contributed by atoms with Crippen LogP contribution in [0.1, 0.15) is 25.5 Å². The van der Waals surface area contributed by atoms with Gasteiger partial charge in [0.1, 0.15) is 0 Å². The average molecular weight is 249 g/mol. The quantitative estimate of drug-likeness (QED) is 0.876. The summed E-state index contributed by atoms with van der Waals surface area (Å²) in [6.07, 6.45) is 3.92. The van der Waals surface area contributed by atoms with E-state index in [9.17, 15) is 0 Å². The molecule has 0 amide bonds. The Bertz CT molecular complexity index is 353. The molecule has 100 valence electrons. The summed E-state index contributed by atoms with van der Waals surface area (Å²) in [6.45, 7) is 7.17. The van der Waals surface area contributed by atoms with Gasteiger partial charge in [0, 0.05) is 31.5 Å². The summed E-state index contributed by atoms with van der Waals surface area (Å²) in [5, 5.41) is 3.23. The smallest absolute Gasteiger partial charge is 0.0896 e. The van der Waals surface area contributed by atoms with Gasteiger partial charge in [0.2, 0.25) is 0 Å². The van der Waals surface area contributed by atoms with Crippen molar-refractivity contribution in [1.29, 1.82) is 0 Å². The molecule has 4 heteroatoms. The molecule has 2 heterocycles. The van der Waals surface area contributed by atoms with Crippen LogP contribution in [0.2, 0.25) is 0 Å². The number of nitrogens with one attached hydrogen (secondary N) is 1. The Morgan fingerprint density at radius 2 is 2.17 bits per heavy atom. The van der Waals surface area contributed by atoms with Crippen molar-refractivity contribution in [2.75, 3.05) is 26.7 Å². The van der Waals surface area contributed by atoms with Crippen LogP contribution < -0.4 is 5.32 Å². The molecule has 1 aromatic rings. The number of hydrogen-bond acceptors (Lipinski definition) is 4. The minimum Gasteiger partial charge on any atom is -0.374 e. The zero-order chi connectivity index (χ0) is 13.0. The molecule has 1 N–H and O–H groups in total. The third kappa shape index (κ3) is 2.88. The molecule has 0 radical (unpaired) electrons. The van der Waals surface area contributed by atoms with E-state index in [1.54, 1.807) is 0 Å². The number of likely N-dealkylation sites (N-methyl/N-ethyl adjacent to an activating group) is 1. The first kappa shape index (κ1) is 13.5. The topological polar surface area (TPSA) is 37.4 Å². The van der Waals surface area contributed by atoms with E-state index in [2.05, 4.69) is 41.2 Å². The van der Waals surface area contributed by atoms with E-state index in [4.69, 9.17) is 4.74 Å². The lowest BCUT2D eigenvalue weighted by Crippen LogP contribution is -2.51. The van der Waals surface area contributed by atoms with E-state index in [-0.39, 0.29) is 6.10 Å². The van der Waals surface area contributed by atoms with Crippen LogP contribution in [-0.2, 0) is 4.74 Å². The predicted octanol–water partition coefficient (Wildman–Crippen LogP) is 1.45. The van der Waals surface area contributed by atoms with Gasteiger partial charge in [-0.25, -0.2) is 0 Å². The minimum absolute atomic E-state index is 0.202. The number of nitrogens with zero attached hydrogens (tertiary/aromatic N) is 2. The number of pyridine rings is 1. The molecule has 1 saturated heterocycles. The molecule has 4 nitrogen and oxygen atoms in total. The van der Waals surface area contributed by atoms with Gasteiger partial charge in [-0.15, -0.1) is 0 Å². The molecule has 0 saturated carbocycles. The first-order valence-corrected chi connectivity index (χ1v) is 6.66. The van der Waals surface area contributed by atoms with Crippen LogP contribution in [0.5, 0.6) is 0 Å². The Labute approximate surface area is 109 Å². The molecule has 0 aliphatic carbocycles. The molecule has 0 spiro atoms. The van der Waals surface area contributed by atoms with Crippen molar-refractivity contribution in [3.8, 4) is 0 Å². The second-order valence-electron chi connectivity index (χ2n) is 5.02. The molecule has 0 aromatic carbocycles. The van der Waals surface area contributed by atoms with Gasteiger partial charge in [0.15, 0.2) is 0 Å². The molecule has 2 unspecified atom stereocenters. The second kappa shape index (κ2) is 6.27. The summed E-state index contributed by atoms with van der Waals surface area (Å²) in [5.41, 5.74) is 1.29. The fourth-order valence-corrected chi connectivity index (χ4v) is 2.67. The highest BCUT2D eigenvalue weighted by atomic mass is 16.5. The van der Waals surface area contributed by atoms with E-state index in [0.29, 0.717) is 12.1 Å². The van der Waals surface area contributed by atoms with Crippen molar-refractivity contribution < 1.29 is 4.74 Å². The van der Waals surface area contributed by atoms with Gasteiger partial charge < -0.3 is 10.1 Å². The van der Waals surface area contributed by atoms with E-state index in [0.717, 1.165) is 19.7 Å². The third-order valence-electron chi connectivity index (χ3n) is 3.51. The maximum Gasteiger partial charge on any atom is 0.0896 e. The van der Waals surface area contributed by atoms with E-state index >= 15 is 0 Å². The van der Waals surface area contributed by atoms with Crippen molar-refractivity contribution >= 4 is 0 Å². The lowest BCUT2D eigenvalue weighted by molar-refractivity contribution is -0.0815. The molecule has 0 bridgehead atoms. The Kier molecular flexibility index (Phi) is 4.69. The highest BCUT2D eigenvalue weighted by molar-refractivity contribution is 5.18. The van der Waals surface area contributed by atoms with Crippen LogP contribution in [-0.4, -0.2) is 48.8 Å². The van der Waals surface area contributed by atoms with Gasteiger partial charge in [-0.3, -0.25) is 9.88 Å². The van der Waals surface area contributed by atoms with E-state index in [1.165, 1.54) is 5.56 Å². The molecular weight excluding hydrogens is 226 g/mol. The molecule has 1 aliphatic heterocycles. The maximum atomic E-state index is 5.94. The fraction of sp³-hybridized carbons (Fsp3) is 0.643. The molecule has 2 atom stereocenters. The zero-order valence-electron chi connectivity index (χ0n) is 11.5. The van der Waals surface area contributed by atoms with Gasteiger partial charge in [-0.05, 0) is 38.6 Å². The predicted molar refractivity (Wildman–Crippen MR) is 72.5 cm³/mol. The molecule has 1 fully saturated rings. The molecule has 1 aromatic heterocycles. The van der Waals surface area contributed by atoms with Crippen LogP contribution in [0.3, 0.4) is 0 Å². The van der Waals surface area contributed by atoms with Gasteiger partial charge in [-0.2, -0.15) is 0 Å². The molecule has 1 aliphatic rings. The van der Waals surface area contributed by atoms with Crippen molar-refractivity contribution in [2.45, 2.75) is 32.0 Å². The Balaban J connectivity index is 2.26. The monoisotopic (exact) mass is 249 g/mol. The number of hydrogen-bond donors (Lipinski definition) is 1. The van der Waals surface area contributed by atoms with Crippen LogP contribution >= 0.6 is 0 Å². The van der Waals surface area contributed by atoms with Gasteiger partial charge in [0.05, 0.1) is 18.8 Å². The van der Waals surface area contributed by atoms with Gasteiger partial charge in [-0.1, -0.05) is 0 Å². The second-order valence-corrected chi connectivity index (χ2v) is 5.02. The standard InChI is InChI=1S/C14H23N3O/c1-11(2)17-8-9-18-13(10-15-3)14(17)12-4-6-16-7-5-12/h4-7,11,13-15H,8-10H2,1-3H3. The van der Waals surface area contributed by atoms with Gasteiger partial charge in [0.25, 0.3) is 0 Å². The number of aromatic nitrogens is 1. The highest BCUT2D eigenvalue weighted by Crippen LogP contribution is 2.30. The molecule has 2 rings (SSSR count). The third-order valence-corrected chi connectivity index (χ3v) is 3.51. The minimum atomic E-state index is 0.202. The summed E-state index contributed by atoms with van der Waals surface area (Å²) < 4.78 is 5.94. The van der Waals surface area contributed by atoms with Crippen LogP contribution in [0.4, 0.5) is 0 Å². The van der Waals surface area contributed by atoms with E-state index in [1.807, 2.05) is 19.4 Å². The zero-order valence-corrected chi connectivity index (χ0v) is 11.5. The lowest BCUT2D eigenvalue weighted by atomic mass is 9.97. The largest absolute Gasteiger partial charge is 0.374 e. The summed E-state index contributed by atoms with van der Waals surface area (Å²) in [6, 6.07) is 5.02. The van der Waals surface area contributed by atoms with E-state index < -0.39 is 0 Å². The lowest BCUT2D eigenvalue weighted by Gasteiger charge is -2.43. The molecular formula is C14H23N3O. The number of rotatable bonds is 4. The Morgan fingerprint density at radius 1 is 1.44 bits per heavy atom. The SMILES string of the molecule is CNCC1OCCN(C(C)C)C1c1ccncc1. The summed E-state index contributed by atoms with van der Waals surface area (Å²) >= 11 is 0. The Morgan fingerprint density at radius 3 is 2.78 bits per heavy atom. The van der Waals surface area contributed by atoms with Crippen molar-refractivity contribution in [2.24, 2.45) is 0 Å². The first-order valence-electron chi connectivity index (χ1n) is 6.66. The van der Waals surface area contributed by atoms with Crippen LogP contribution in [0, 0.1) is 0 Å². The van der Waals surface area contributed by atoms with Crippen molar-refractivity contribution in [1.82, 2.24) is 15.2 Å². The van der Waals surface area contributed by atoms with Crippen molar-refractivity contribution in [3.63, 3.8) is 0 Å². The van der Waals surface area contributed by atoms with Crippen LogP contribution in [0.25, 0.3) is 0 Å². The van der Waals surface area contributed by atoms with Gasteiger partial charge >= 0.3 is 0 Å². The first-order chi connectivity index (χ1) is 8.74. The highest BCUT2D eigenvalue weighted by Gasteiger charge is 2.34. The summed E-state index contributed by atoms with van der Waals surface area (Å²) in [4.78, 5) is 6.62. The van der Waals surface area contributed by atoms with Crippen molar-refractivity contribution in [3.05, 3.63) is 30.1 Å². The average Bonchev–Trinajstić information content (AvgIpc) is 2.40. The summed E-state index contributed by atoms with van der Waals surface area (Å²) in [5.74, 6) is 0. The number of ether oxygens (including phenoxy) is 1. The number of morpholine rings is 1. The molecule has 18 heavy (non-hydrogen) atoms. The Hall–Kier alpha value is -0.970. The van der Waals surface area contributed by atoms with Crippen LogP contribution in [0.15, 0.2) is 24.5 Å².